The molecule has 0 saturated carbocycles. The van der Waals surface area contributed by atoms with E-state index in [9.17, 15) is 9.59 Å². The normalized spacial score (nSPS) is 19.8. The van der Waals surface area contributed by atoms with Crippen LogP contribution in [0.15, 0.2) is 48.5 Å². The molecule has 3 rings (SSSR count). The number of fused-ring (bicyclic) bond motifs is 1. The number of benzene rings is 2. The van der Waals surface area contributed by atoms with Gasteiger partial charge in [0.1, 0.15) is 0 Å². The molecule has 1 aliphatic heterocycles. The molecule has 0 bridgehead atoms. The molecule has 5 heteroatoms. The van der Waals surface area contributed by atoms with Gasteiger partial charge in [-0.2, -0.15) is 0 Å². The van der Waals surface area contributed by atoms with Gasteiger partial charge in [0.2, 0.25) is 0 Å². The molecule has 0 amide bonds. The fourth-order valence-electron chi connectivity index (χ4n) is 2.46. The van der Waals surface area contributed by atoms with Crippen LogP contribution in [0.4, 0.5) is 0 Å². The summed E-state index contributed by atoms with van der Waals surface area (Å²) in [6, 6.07) is 13.7. The number of rotatable bonds is 2. The highest BCUT2D eigenvalue weighted by Crippen LogP contribution is 2.46. The second-order valence-electron chi connectivity index (χ2n) is 4.63. The molecular weight excluding hydrogens is 292 g/mol. The molecule has 106 valence electrons. The zero-order valence-corrected chi connectivity index (χ0v) is 11.9. The third-order valence-corrected chi connectivity index (χ3v) is 3.56. The van der Waals surface area contributed by atoms with Crippen LogP contribution < -0.4 is 0 Å². The fraction of sp³-hybridized carbons (Fsp3) is 0.125. The fourth-order valence-corrected chi connectivity index (χ4v) is 2.76. The molecule has 0 aromatic heterocycles. The minimum atomic E-state index is -1.63. The van der Waals surface area contributed by atoms with E-state index in [-0.39, 0.29) is 0 Å². The van der Waals surface area contributed by atoms with Crippen molar-refractivity contribution in [2.75, 3.05) is 0 Å². The highest BCUT2D eigenvalue weighted by molar-refractivity contribution is 6.32. The number of esters is 2. The summed E-state index contributed by atoms with van der Waals surface area (Å²) in [5, 5.41) is 0.309. The number of cyclic esters (lactones) is 1. The largest absolute Gasteiger partial charge is 0.414 e. The zero-order valence-electron chi connectivity index (χ0n) is 11.1. The van der Waals surface area contributed by atoms with E-state index < -0.39 is 17.7 Å². The molecule has 1 atom stereocenters. The maximum absolute atomic E-state index is 12.1. The first-order chi connectivity index (χ1) is 10.0. The van der Waals surface area contributed by atoms with E-state index in [0.29, 0.717) is 21.7 Å². The average Bonchev–Trinajstić information content (AvgIpc) is 2.74. The van der Waals surface area contributed by atoms with Crippen LogP contribution in [-0.2, 0) is 20.1 Å². The van der Waals surface area contributed by atoms with Crippen LogP contribution in [0.3, 0.4) is 0 Å². The Morgan fingerprint density at radius 2 is 1.86 bits per heavy atom. The van der Waals surface area contributed by atoms with E-state index in [0.717, 1.165) is 0 Å². The van der Waals surface area contributed by atoms with Gasteiger partial charge in [-0.15, -0.1) is 0 Å². The number of halogens is 1. The number of ether oxygens (including phenoxy) is 2. The molecule has 21 heavy (non-hydrogen) atoms. The van der Waals surface area contributed by atoms with Gasteiger partial charge in [0.15, 0.2) is 0 Å². The lowest BCUT2D eigenvalue weighted by Crippen LogP contribution is -2.33. The first-order valence-corrected chi connectivity index (χ1v) is 6.70. The molecule has 1 aliphatic rings. The van der Waals surface area contributed by atoms with Gasteiger partial charge in [-0.1, -0.05) is 48.0 Å². The summed E-state index contributed by atoms with van der Waals surface area (Å²) < 4.78 is 10.8. The Balaban J connectivity index is 2.30. The predicted molar refractivity (Wildman–Crippen MR) is 75.9 cm³/mol. The van der Waals surface area contributed by atoms with Gasteiger partial charge in [-0.3, -0.25) is 4.79 Å². The van der Waals surface area contributed by atoms with Crippen LogP contribution in [0.1, 0.15) is 28.4 Å². The smallest absolute Gasteiger partial charge is 0.342 e. The van der Waals surface area contributed by atoms with Crippen molar-refractivity contribution >= 4 is 23.5 Å². The molecule has 2 aromatic carbocycles. The third-order valence-electron chi connectivity index (χ3n) is 3.24. The minimum absolute atomic E-state index is 0.299. The molecule has 0 N–H and O–H groups in total. The molecule has 4 nitrogen and oxygen atoms in total. The van der Waals surface area contributed by atoms with E-state index in [1.807, 2.05) is 6.07 Å². The SMILES string of the molecule is CC(=O)OC1(c2ccccc2)OC(=O)c2cccc(Cl)c21. The Kier molecular flexibility index (Phi) is 3.18. The zero-order chi connectivity index (χ0) is 15.0. The Bertz CT molecular complexity index is 722. The lowest BCUT2D eigenvalue weighted by Gasteiger charge is -2.28. The quantitative estimate of drug-likeness (QED) is 0.799. The Labute approximate surface area is 126 Å². The van der Waals surface area contributed by atoms with Crippen molar-refractivity contribution in [2.45, 2.75) is 12.7 Å². The van der Waals surface area contributed by atoms with Crippen LogP contribution in [0, 0.1) is 0 Å². The Morgan fingerprint density at radius 1 is 1.14 bits per heavy atom. The Morgan fingerprint density at radius 3 is 2.52 bits per heavy atom. The monoisotopic (exact) mass is 302 g/mol. The van der Waals surface area contributed by atoms with Crippen molar-refractivity contribution in [1.82, 2.24) is 0 Å². The molecule has 0 fully saturated rings. The summed E-state index contributed by atoms with van der Waals surface area (Å²) in [6.45, 7) is 1.26. The van der Waals surface area contributed by atoms with Crippen molar-refractivity contribution in [2.24, 2.45) is 0 Å². The Hall–Kier alpha value is -2.33. The summed E-state index contributed by atoms with van der Waals surface area (Å²) in [7, 11) is 0. The number of hydrogen-bond acceptors (Lipinski definition) is 4. The second-order valence-corrected chi connectivity index (χ2v) is 5.04. The molecule has 0 aliphatic carbocycles. The lowest BCUT2D eigenvalue weighted by atomic mass is 9.95. The minimum Gasteiger partial charge on any atom is -0.414 e. The highest BCUT2D eigenvalue weighted by Gasteiger charge is 2.51. The van der Waals surface area contributed by atoms with Crippen LogP contribution in [-0.4, -0.2) is 11.9 Å². The first kappa shape index (κ1) is 13.6. The van der Waals surface area contributed by atoms with E-state index in [4.69, 9.17) is 21.1 Å². The summed E-state index contributed by atoms with van der Waals surface area (Å²) >= 11 is 6.23. The van der Waals surface area contributed by atoms with Gasteiger partial charge < -0.3 is 9.47 Å². The van der Waals surface area contributed by atoms with Gasteiger partial charge in [0, 0.05) is 12.5 Å². The van der Waals surface area contributed by atoms with Gasteiger partial charge >= 0.3 is 17.7 Å². The molecule has 0 saturated heterocycles. The summed E-state index contributed by atoms with van der Waals surface area (Å²) in [4.78, 5) is 23.7. The van der Waals surface area contributed by atoms with E-state index in [1.54, 1.807) is 42.5 Å². The molecule has 2 aromatic rings. The number of hydrogen-bond donors (Lipinski definition) is 0. The maximum atomic E-state index is 12.1. The molecule has 0 spiro atoms. The van der Waals surface area contributed by atoms with Gasteiger partial charge in [-0.05, 0) is 12.1 Å². The molecular formula is C16H11ClO4. The summed E-state index contributed by atoms with van der Waals surface area (Å²) in [6.07, 6.45) is 0. The van der Waals surface area contributed by atoms with Crippen LogP contribution in [0.5, 0.6) is 0 Å². The third kappa shape index (κ3) is 2.08. The summed E-state index contributed by atoms with van der Waals surface area (Å²) in [5.41, 5.74) is 1.19. The van der Waals surface area contributed by atoms with E-state index >= 15 is 0 Å². The first-order valence-electron chi connectivity index (χ1n) is 6.32. The number of carbonyl (C=O) groups excluding carboxylic acids is 2. The van der Waals surface area contributed by atoms with Crippen LogP contribution in [0.25, 0.3) is 0 Å². The van der Waals surface area contributed by atoms with Crippen molar-refractivity contribution in [3.05, 3.63) is 70.2 Å². The lowest BCUT2D eigenvalue weighted by molar-refractivity contribution is -0.191. The van der Waals surface area contributed by atoms with Gasteiger partial charge in [0.05, 0.1) is 16.1 Å². The predicted octanol–water partition coefficient (Wildman–Crippen LogP) is 3.27. The maximum Gasteiger partial charge on any atom is 0.342 e. The van der Waals surface area contributed by atoms with Crippen molar-refractivity contribution in [3.8, 4) is 0 Å². The van der Waals surface area contributed by atoms with Crippen molar-refractivity contribution in [1.29, 1.82) is 0 Å². The van der Waals surface area contributed by atoms with Gasteiger partial charge in [0.25, 0.3) is 0 Å². The topological polar surface area (TPSA) is 52.6 Å². The van der Waals surface area contributed by atoms with E-state index in [1.165, 1.54) is 6.92 Å². The molecule has 1 unspecified atom stereocenters. The average molecular weight is 303 g/mol. The van der Waals surface area contributed by atoms with Crippen molar-refractivity contribution in [3.63, 3.8) is 0 Å². The van der Waals surface area contributed by atoms with Gasteiger partial charge in [-0.25, -0.2) is 4.79 Å². The highest BCUT2D eigenvalue weighted by atomic mass is 35.5. The summed E-state index contributed by atoms with van der Waals surface area (Å²) in [5.74, 6) is -2.77. The van der Waals surface area contributed by atoms with E-state index in [2.05, 4.69) is 0 Å². The molecule has 1 heterocycles. The number of carbonyl (C=O) groups is 2. The van der Waals surface area contributed by atoms with Crippen molar-refractivity contribution < 1.29 is 19.1 Å². The molecule has 0 radical (unpaired) electrons. The van der Waals surface area contributed by atoms with Crippen LogP contribution >= 0.6 is 11.6 Å². The second kappa shape index (κ2) is 4.90. The van der Waals surface area contributed by atoms with Crippen LogP contribution in [0.2, 0.25) is 5.02 Å². The standard InChI is InChI=1S/C16H11ClO4/c1-10(18)20-16(11-6-3-2-4-7-11)14-12(15(19)21-16)8-5-9-13(14)17/h2-9H,1H3.